The Balaban J connectivity index is 1.22. The molecule has 0 bridgehead atoms. The molecule has 3 aromatic carbocycles. The summed E-state index contributed by atoms with van der Waals surface area (Å²) < 4.78 is 15.8. The fraction of sp³-hybridized carbons (Fsp3) is 0.381. The van der Waals surface area contributed by atoms with Crippen molar-refractivity contribution < 1.29 is 24.2 Å². The molecule has 0 spiro atoms. The van der Waals surface area contributed by atoms with Gasteiger partial charge in [-0.15, -0.1) is 0 Å². The van der Waals surface area contributed by atoms with Gasteiger partial charge in [0.1, 0.15) is 11.4 Å². The molecule has 14 heteroatoms. The number of carbonyl (C=O) groups is 2. The molecule has 0 unspecified atom stereocenters. The fourth-order valence-corrected chi connectivity index (χ4v) is 8.69. The SMILES string of the molecule is Cc1cc(OCCCc2c3n(c4c(-c5c(C)n[nH]c5C)c(Cl)ccc24)CCCN(c2nn(CCN4CCOCC4)c4cc(C(=O)O)ccc24)C3=O)cc(C)c1Cl. The number of nitrogens with zero attached hydrogens (tertiary/aromatic N) is 6. The summed E-state index contributed by atoms with van der Waals surface area (Å²) in [7, 11) is 0. The van der Waals surface area contributed by atoms with Gasteiger partial charge in [-0.1, -0.05) is 29.3 Å². The molecule has 3 aromatic heterocycles. The molecule has 0 aliphatic carbocycles. The maximum Gasteiger partial charge on any atom is 0.335 e. The molecule has 0 radical (unpaired) electrons. The highest BCUT2D eigenvalue weighted by Crippen LogP contribution is 2.43. The monoisotopic (exact) mass is 797 g/mol. The molecule has 8 rings (SSSR count). The normalized spacial score (nSPS) is 15.2. The first kappa shape index (κ1) is 38.0. The molecule has 56 heavy (non-hydrogen) atoms. The minimum Gasteiger partial charge on any atom is -0.494 e. The summed E-state index contributed by atoms with van der Waals surface area (Å²) in [6, 6.07) is 12.9. The molecule has 5 heterocycles. The van der Waals surface area contributed by atoms with Gasteiger partial charge in [-0.05, 0) is 100 Å². The van der Waals surface area contributed by atoms with E-state index in [-0.39, 0.29) is 11.5 Å². The molecule has 292 valence electrons. The Morgan fingerprint density at radius 3 is 2.41 bits per heavy atom. The van der Waals surface area contributed by atoms with Crippen molar-refractivity contribution in [3.8, 4) is 16.9 Å². The van der Waals surface area contributed by atoms with E-state index >= 15 is 4.79 Å². The van der Waals surface area contributed by atoms with Crippen LogP contribution < -0.4 is 9.64 Å². The number of amides is 1. The summed E-state index contributed by atoms with van der Waals surface area (Å²) in [5, 5.41) is 25.6. The van der Waals surface area contributed by atoms with Gasteiger partial charge < -0.3 is 19.1 Å². The van der Waals surface area contributed by atoms with E-state index in [1.807, 2.05) is 56.6 Å². The van der Waals surface area contributed by atoms with Gasteiger partial charge in [0.25, 0.3) is 5.91 Å². The number of benzene rings is 3. The topological polar surface area (TPSA) is 131 Å². The maximum absolute atomic E-state index is 15.3. The average Bonchev–Trinajstić information content (AvgIpc) is 3.78. The van der Waals surface area contributed by atoms with Crippen molar-refractivity contribution in [1.82, 2.24) is 29.4 Å². The predicted molar refractivity (Wildman–Crippen MR) is 219 cm³/mol. The molecule has 2 aliphatic rings. The third-order valence-corrected chi connectivity index (χ3v) is 12.0. The number of carbonyl (C=O) groups excluding carboxylic acids is 1. The number of aromatic amines is 1. The van der Waals surface area contributed by atoms with E-state index in [0.29, 0.717) is 80.8 Å². The summed E-state index contributed by atoms with van der Waals surface area (Å²) in [5.41, 5.74) is 8.68. The standard InChI is InChI=1S/C42H45Cl2N7O5/c1-24-21-29(22-25(2)37(24)44)56-18-5-7-30-31-10-11-33(43)36(35-26(3)45-46-27(35)4)38(31)49-12-6-13-50(41(52)39(30)49)40-32-9-8-28(42(53)54)23-34(32)51(47-40)15-14-48-16-19-55-20-17-48/h8-11,21-23H,5-7,12-20H2,1-4H3,(H,45,46)(H,53,54). The van der Waals surface area contributed by atoms with Crippen LogP contribution in [0.5, 0.6) is 5.75 Å². The van der Waals surface area contributed by atoms with Gasteiger partial charge >= 0.3 is 5.97 Å². The van der Waals surface area contributed by atoms with E-state index in [9.17, 15) is 9.90 Å². The van der Waals surface area contributed by atoms with Crippen molar-refractivity contribution in [3.63, 3.8) is 0 Å². The Morgan fingerprint density at radius 2 is 1.70 bits per heavy atom. The molecule has 0 saturated carbocycles. The Hall–Kier alpha value is -4.88. The Labute approximate surface area is 334 Å². The van der Waals surface area contributed by atoms with E-state index in [0.717, 1.165) is 85.9 Å². The zero-order valence-corrected chi connectivity index (χ0v) is 33.6. The molecular formula is C42H45Cl2N7O5. The summed E-state index contributed by atoms with van der Waals surface area (Å²) >= 11 is 13.5. The molecule has 0 atom stereocenters. The van der Waals surface area contributed by atoms with Gasteiger partial charge in [0.2, 0.25) is 0 Å². The minimum atomic E-state index is -1.02. The summed E-state index contributed by atoms with van der Waals surface area (Å²) in [6.07, 6.45) is 1.88. The second kappa shape index (κ2) is 15.6. The quantitative estimate of drug-likeness (QED) is 0.126. The van der Waals surface area contributed by atoms with Crippen LogP contribution in [0.1, 0.15) is 61.8 Å². The van der Waals surface area contributed by atoms with Crippen molar-refractivity contribution in [2.45, 2.75) is 60.0 Å². The molecule has 1 fully saturated rings. The second-order valence-electron chi connectivity index (χ2n) is 14.8. The molecule has 1 saturated heterocycles. The number of anilines is 1. The number of ether oxygens (including phenoxy) is 2. The number of morpholine rings is 1. The third-order valence-electron chi connectivity index (χ3n) is 11.1. The van der Waals surface area contributed by atoms with Crippen LogP contribution in [0.3, 0.4) is 0 Å². The lowest BCUT2D eigenvalue weighted by Crippen LogP contribution is -2.38. The van der Waals surface area contributed by atoms with Gasteiger partial charge in [-0.2, -0.15) is 10.2 Å². The highest BCUT2D eigenvalue weighted by Gasteiger charge is 2.34. The number of H-pyrrole nitrogens is 1. The summed E-state index contributed by atoms with van der Waals surface area (Å²) in [5.74, 6) is 0.0973. The zero-order valence-electron chi connectivity index (χ0n) is 32.0. The van der Waals surface area contributed by atoms with Gasteiger partial charge in [0.15, 0.2) is 5.82 Å². The van der Waals surface area contributed by atoms with E-state index in [2.05, 4.69) is 19.7 Å². The number of carboxylic acids is 1. The Morgan fingerprint density at radius 1 is 0.946 bits per heavy atom. The highest BCUT2D eigenvalue weighted by molar-refractivity contribution is 6.35. The molecule has 12 nitrogen and oxygen atoms in total. The number of aryl methyl sites for hydroxylation is 6. The van der Waals surface area contributed by atoms with E-state index in [4.69, 9.17) is 37.8 Å². The number of fused-ring (bicyclic) bond motifs is 4. The van der Waals surface area contributed by atoms with Crippen molar-refractivity contribution in [3.05, 3.63) is 91.8 Å². The van der Waals surface area contributed by atoms with Crippen LogP contribution >= 0.6 is 23.2 Å². The lowest BCUT2D eigenvalue weighted by molar-refractivity contribution is 0.0361. The first-order valence-electron chi connectivity index (χ1n) is 19.1. The van der Waals surface area contributed by atoms with Gasteiger partial charge in [-0.3, -0.25) is 24.4 Å². The third kappa shape index (κ3) is 6.93. The lowest BCUT2D eigenvalue weighted by Gasteiger charge is -2.26. The Bertz CT molecular complexity index is 2450. The van der Waals surface area contributed by atoms with Crippen LogP contribution in [0.15, 0.2) is 42.5 Å². The van der Waals surface area contributed by atoms with Crippen LogP contribution in [0.25, 0.3) is 32.9 Å². The molecule has 2 aliphatic heterocycles. The van der Waals surface area contributed by atoms with Crippen LogP contribution in [0.2, 0.25) is 10.0 Å². The van der Waals surface area contributed by atoms with Crippen molar-refractivity contribution in [1.29, 1.82) is 0 Å². The van der Waals surface area contributed by atoms with Crippen LogP contribution in [-0.4, -0.2) is 92.4 Å². The van der Waals surface area contributed by atoms with Gasteiger partial charge in [0, 0.05) is 65.3 Å². The number of aromatic nitrogens is 5. The number of nitrogens with one attached hydrogen (secondary N) is 1. The maximum atomic E-state index is 15.3. The molecule has 6 aromatic rings. The van der Waals surface area contributed by atoms with Gasteiger partial charge in [0.05, 0.1) is 53.7 Å². The number of hydrogen-bond donors (Lipinski definition) is 2. The smallest absolute Gasteiger partial charge is 0.335 e. The summed E-state index contributed by atoms with van der Waals surface area (Å²) in [6.45, 7) is 13.6. The molecule has 2 N–H and O–H groups in total. The van der Waals surface area contributed by atoms with Crippen LogP contribution in [0.4, 0.5) is 5.82 Å². The molecular weight excluding hydrogens is 753 g/mol. The predicted octanol–water partition coefficient (Wildman–Crippen LogP) is 8.01. The van der Waals surface area contributed by atoms with Crippen molar-refractivity contribution >= 4 is 62.7 Å². The number of aromatic carboxylic acids is 1. The first-order chi connectivity index (χ1) is 27.0. The van der Waals surface area contributed by atoms with Crippen molar-refractivity contribution in [2.24, 2.45) is 0 Å². The number of hydrogen-bond acceptors (Lipinski definition) is 7. The number of rotatable bonds is 11. The number of carboxylic acid groups (broad SMARTS) is 1. The first-order valence-corrected chi connectivity index (χ1v) is 19.9. The van der Waals surface area contributed by atoms with E-state index in [1.54, 1.807) is 23.1 Å². The minimum absolute atomic E-state index is 0.164. The van der Waals surface area contributed by atoms with Crippen molar-refractivity contribution in [2.75, 3.05) is 50.9 Å². The van der Waals surface area contributed by atoms with E-state index in [1.165, 1.54) is 0 Å². The second-order valence-corrected chi connectivity index (χ2v) is 15.6. The highest BCUT2D eigenvalue weighted by atomic mass is 35.5. The Kier molecular flexibility index (Phi) is 10.6. The molecule has 1 amide bonds. The largest absolute Gasteiger partial charge is 0.494 e. The van der Waals surface area contributed by atoms with Gasteiger partial charge in [-0.25, -0.2) is 4.79 Å². The van der Waals surface area contributed by atoms with Crippen LogP contribution in [0, 0.1) is 27.7 Å². The number of halogens is 2. The van der Waals surface area contributed by atoms with Crippen LogP contribution in [-0.2, 0) is 24.2 Å². The average molecular weight is 799 g/mol. The summed E-state index contributed by atoms with van der Waals surface area (Å²) in [4.78, 5) is 31.5. The van der Waals surface area contributed by atoms with E-state index < -0.39 is 5.97 Å². The lowest BCUT2D eigenvalue weighted by atomic mass is 9.98. The fourth-order valence-electron chi connectivity index (χ4n) is 8.34. The zero-order chi connectivity index (χ0) is 39.2.